The molecule has 0 amide bonds. The lowest BCUT2D eigenvalue weighted by molar-refractivity contribution is 0.591. The van der Waals surface area contributed by atoms with E-state index in [0.29, 0.717) is 5.92 Å². The summed E-state index contributed by atoms with van der Waals surface area (Å²) in [5.74, 6) is 0.301. The lowest BCUT2D eigenvalue weighted by atomic mass is 9.39. The number of nitrogens with zero attached hydrogens (tertiary/aromatic N) is 2. The van der Waals surface area contributed by atoms with Crippen molar-refractivity contribution in [1.82, 2.24) is 0 Å². The van der Waals surface area contributed by atoms with E-state index in [1.54, 1.807) is 0 Å². The van der Waals surface area contributed by atoms with Gasteiger partial charge in [0.15, 0.2) is 0 Å². The van der Waals surface area contributed by atoms with Crippen LogP contribution in [0.1, 0.15) is 78.0 Å². The number of rotatable bonds is 5. The Labute approximate surface area is 415 Å². The van der Waals surface area contributed by atoms with E-state index in [2.05, 4.69) is 223 Å². The highest BCUT2D eigenvalue weighted by Crippen LogP contribution is 2.53. The predicted molar refractivity (Wildman–Crippen MR) is 304 cm³/mol. The quantitative estimate of drug-likeness (QED) is 0.159. The molecule has 0 unspecified atom stereocenters. The molecule has 0 spiro atoms. The van der Waals surface area contributed by atoms with Crippen LogP contribution in [0.5, 0.6) is 0 Å². The van der Waals surface area contributed by atoms with Gasteiger partial charge in [-0.05, 0) is 146 Å². The molecule has 0 radical (unpaired) electrons. The number of fused-ring (bicyclic) bond motifs is 10. The minimum absolute atomic E-state index is 0.00138. The summed E-state index contributed by atoms with van der Waals surface area (Å²) in [6.07, 6.45) is 0. The Balaban J connectivity index is 1.13. The topological polar surface area (TPSA) is 6.48 Å². The van der Waals surface area contributed by atoms with E-state index in [0.717, 1.165) is 0 Å². The molecule has 11 aromatic rings. The molecule has 0 saturated heterocycles. The van der Waals surface area contributed by atoms with Gasteiger partial charge in [0.25, 0.3) is 6.71 Å². The van der Waals surface area contributed by atoms with Gasteiger partial charge in [-0.1, -0.05) is 128 Å². The summed E-state index contributed by atoms with van der Waals surface area (Å²) < 4.78 is 8.15. The summed E-state index contributed by atoms with van der Waals surface area (Å²) in [5, 5.41) is 5.26. The molecular formula is C61H51BN2S4. The van der Waals surface area contributed by atoms with Gasteiger partial charge in [0.1, 0.15) is 0 Å². The lowest BCUT2D eigenvalue weighted by Crippen LogP contribution is -2.59. The molecule has 13 rings (SSSR count). The van der Waals surface area contributed by atoms with Crippen LogP contribution in [-0.4, -0.2) is 6.71 Å². The lowest BCUT2D eigenvalue weighted by Gasteiger charge is -2.43. The number of anilines is 6. The highest BCUT2D eigenvalue weighted by atomic mass is 32.1. The van der Waals surface area contributed by atoms with Gasteiger partial charge < -0.3 is 9.80 Å². The second-order valence-corrected chi connectivity index (χ2v) is 25.5. The molecule has 0 atom stereocenters. The molecule has 2 aliphatic rings. The molecule has 7 heteroatoms. The number of hydrogen-bond acceptors (Lipinski definition) is 6. The molecule has 68 heavy (non-hydrogen) atoms. The van der Waals surface area contributed by atoms with E-state index in [4.69, 9.17) is 0 Å². The van der Waals surface area contributed by atoms with Gasteiger partial charge in [0.2, 0.25) is 0 Å². The Morgan fingerprint density at radius 2 is 0.897 bits per heavy atom. The predicted octanol–water partition coefficient (Wildman–Crippen LogP) is 17.7. The van der Waals surface area contributed by atoms with Crippen molar-refractivity contribution < 1.29 is 0 Å². The molecule has 6 heterocycles. The molecule has 0 saturated carbocycles. The Morgan fingerprint density at radius 1 is 0.441 bits per heavy atom. The first kappa shape index (κ1) is 42.2. The largest absolute Gasteiger partial charge is 0.310 e. The maximum absolute atomic E-state index is 2.67. The first-order valence-corrected chi connectivity index (χ1v) is 27.1. The summed E-state index contributed by atoms with van der Waals surface area (Å²) in [4.78, 5) is 7.92. The van der Waals surface area contributed by atoms with Gasteiger partial charge in [0.05, 0.1) is 11.4 Å². The van der Waals surface area contributed by atoms with Gasteiger partial charge in [0, 0.05) is 71.6 Å². The van der Waals surface area contributed by atoms with Crippen LogP contribution in [0.15, 0.2) is 158 Å². The van der Waals surface area contributed by atoms with Crippen molar-refractivity contribution in [3.8, 4) is 20.9 Å². The average molecular weight is 951 g/mol. The van der Waals surface area contributed by atoms with Crippen LogP contribution < -0.4 is 24.8 Å². The summed E-state index contributed by atoms with van der Waals surface area (Å²) in [5.41, 5.74) is 15.5. The van der Waals surface area contributed by atoms with Gasteiger partial charge in [-0.3, -0.25) is 0 Å². The Morgan fingerprint density at radius 3 is 1.32 bits per heavy atom. The minimum atomic E-state index is -0.00138. The van der Waals surface area contributed by atoms with Crippen molar-refractivity contribution in [3.05, 3.63) is 174 Å². The second kappa shape index (κ2) is 15.3. The zero-order valence-electron chi connectivity index (χ0n) is 39.7. The molecular weight excluding hydrogens is 900 g/mol. The fourth-order valence-corrected chi connectivity index (χ4v) is 15.4. The van der Waals surface area contributed by atoms with Crippen molar-refractivity contribution in [2.24, 2.45) is 0 Å². The molecule has 0 aliphatic carbocycles. The molecule has 0 bridgehead atoms. The van der Waals surface area contributed by atoms with Crippen molar-refractivity contribution >= 4 is 142 Å². The molecule has 2 nitrogen and oxygen atoms in total. The molecule has 0 N–H and O–H groups in total. The molecule has 332 valence electrons. The summed E-state index contributed by atoms with van der Waals surface area (Å²) in [6, 6.07) is 60.7. The third kappa shape index (κ3) is 6.60. The average Bonchev–Trinajstić information content (AvgIpc) is 4.13. The highest BCUT2D eigenvalue weighted by Gasteiger charge is 2.47. The van der Waals surface area contributed by atoms with E-state index in [1.807, 2.05) is 45.3 Å². The fraction of sp³-hybridized carbons (Fsp3) is 0.180. The third-order valence-corrected chi connectivity index (χ3v) is 19.1. The standard InChI is InChI=1S/C61H51BN2S4/c1-35(2)40-29-47-55-48(30-40)64(44-20-14-18-37(28-44)54-32-39-16-10-12-22-50(39)66-54)57-46-34-42(61(6,7)8)24-26-52(46)68-59(57)62(55)58-56(45-33-41(60(3,4)5)23-25-51(45)67-58)63(47)43-19-13-17-36(27-43)53-31-38-15-9-11-21-49(38)65-53/h9-35H,1-8H3. The molecule has 7 aromatic carbocycles. The van der Waals surface area contributed by atoms with Crippen molar-refractivity contribution in [2.75, 3.05) is 9.80 Å². The van der Waals surface area contributed by atoms with Crippen molar-refractivity contribution in [2.45, 2.75) is 72.1 Å². The molecule has 4 aromatic heterocycles. The van der Waals surface area contributed by atoms with Gasteiger partial charge in [-0.25, -0.2) is 0 Å². The highest BCUT2D eigenvalue weighted by molar-refractivity contribution is 7.40. The summed E-state index contributed by atoms with van der Waals surface area (Å²) in [7, 11) is 0. The van der Waals surface area contributed by atoms with Gasteiger partial charge in [-0.2, -0.15) is 0 Å². The van der Waals surface area contributed by atoms with Gasteiger partial charge in [-0.15, -0.1) is 45.3 Å². The normalized spacial score (nSPS) is 13.6. The minimum Gasteiger partial charge on any atom is -0.310 e. The Kier molecular flexibility index (Phi) is 9.47. The van der Waals surface area contributed by atoms with Crippen LogP contribution in [0.25, 0.3) is 61.2 Å². The van der Waals surface area contributed by atoms with E-state index < -0.39 is 0 Å². The van der Waals surface area contributed by atoms with E-state index in [-0.39, 0.29) is 17.5 Å². The fourth-order valence-electron chi connectivity index (χ4n) is 10.6. The van der Waals surface area contributed by atoms with Crippen LogP contribution in [0.3, 0.4) is 0 Å². The maximum atomic E-state index is 2.67. The van der Waals surface area contributed by atoms with Crippen LogP contribution in [0, 0.1) is 0 Å². The summed E-state index contributed by atoms with van der Waals surface area (Å²) >= 11 is 7.76. The monoisotopic (exact) mass is 950 g/mol. The first-order chi connectivity index (χ1) is 32.8. The Bertz CT molecular complexity index is 3540. The van der Waals surface area contributed by atoms with Crippen LogP contribution in [0.2, 0.25) is 0 Å². The smallest absolute Gasteiger partial charge is 0.277 e. The molecule has 0 fully saturated rings. The van der Waals surface area contributed by atoms with Crippen molar-refractivity contribution in [1.29, 1.82) is 0 Å². The van der Waals surface area contributed by atoms with Crippen molar-refractivity contribution in [3.63, 3.8) is 0 Å². The SMILES string of the molecule is CC(C)c1cc2c3c(c1)N(c1cccc(-c4cc5ccccc5s4)c1)c1c(sc4ccc(C(C)(C)C)cc14)B3c1sc3ccc(C(C)(C)C)cc3c1N2c1cccc(-c2cc3ccccc3s2)c1. The number of benzene rings is 7. The third-order valence-electron chi connectivity index (χ3n) is 14.3. The van der Waals surface area contributed by atoms with Crippen LogP contribution in [0.4, 0.5) is 34.1 Å². The van der Waals surface area contributed by atoms with Crippen LogP contribution >= 0.6 is 45.3 Å². The zero-order chi connectivity index (χ0) is 46.4. The number of hydrogen-bond donors (Lipinski definition) is 0. The first-order valence-electron chi connectivity index (χ1n) is 23.9. The summed E-state index contributed by atoms with van der Waals surface area (Å²) in [6.45, 7) is 18.8. The van der Waals surface area contributed by atoms with E-state index >= 15 is 0 Å². The Hall–Kier alpha value is -5.96. The van der Waals surface area contributed by atoms with Crippen LogP contribution in [-0.2, 0) is 10.8 Å². The number of thiophene rings is 4. The second-order valence-electron chi connectivity index (χ2n) is 21.2. The van der Waals surface area contributed by atoms with E-state index in [1.165, 1.54) is 127 Å². The van der Waals surface area contributed by atoms with E-state index in [9.17, 15) is 0 Å². The maximum Gasteiger partial charge on any atom is 0.277 e. The zero-order valence-corrected chi connectivity index (χ0v) is 43.0. The van der Waals surface area contributed by atoms with Gasteiger partial charge >= 0.3 is 0 Å². The molecule has 2 aliphatic heterocycles.